The highest BCUT2D eigenvalue weighted by Gasteiger charge is 2.25. The van der Waals surface area contributed by atoms with E-state index in [9.17, 15) is 23.8 Å². The summed E-state index contributed by atoms with van der Waals surface area (Å²) < 4.78 is 35.0. The third kappa shape index (κ3) is 3.98. The molecule has 1 aliphatic rings. The van der Waals surface area contributed by atoms with Crippen molar-refractivity contribution in [1.82, 2.24) is 9.78 Å². The van der Waals surface area contributed by atoms with E-state index in [1.54, 1.807) is 30.8 Å². The Bertz CT molecular complexity index is 1210. The molecule has 2 N–H and O–H groups in total. The van der Waals surface area contributed by atoms with Crippen molar-refractivity contribution in [1.29, 1.82) is 0 Å². The highest BCUT2D eigenvalue weighted by Crippen LogP contribution is 2.36. The Hall–Kier alpha value is -3.26. The van der Waals surface area contributed by atoms with Gasteiger partial charge in [0.05, 0.1) is 17.3 Å². The Balaban J connectivity index is 1.95. The standard InChI is InChI=1S/C24H24F2N2O4/c1-13(2)23(29)22(14-6-7-18(25)19(26)10-14)16-9-15-12-27-28(21-5-3-4-8-32-21)20(15)11-17(16)24(30)31/h6-7,9-13,21,29H,3-5,8H2,1-2H3,(H,30,31). The number of hydrogen-bond donors (Lipinski definition) is 2. The fraction of sp³-hybridized carbons (Fsp3) is 0.333. The lowest BCUT2D eigenvalue weighted by atomic mass is 9.89. The van der Waals surface area contributed by atoms with Crippen molar-refractivity contribution in [3.8, 4) is 0 Å². The van der Waals surface area contributed by atoms with Crippen LogP contribution in [0.1, 0.15) is 60.8 Å². The second kappa shape index (κ2) is 8.70. The van der Waals surface area contributed by atoms with Gasteiger partial charge < -0.3 is 14.9 Å². The molecule has 1 fully saturated rings. The van der Waals surface area contributed by atoms with E-state index < -0.39 is 17.6 Å². The highest BCUT2D eigenvalue weighted by atomic mass is 19.2. The molecule has 3 aromatic rings. The first-order valence-corrected chi connectivity index (χ1v) is 10.5. The van der Waals surface area contributed by atoms with Gasteiger partial charge in [-0.3, -0.25) is 0 Å². The highest BCUT2D eigenvalue weighted by molar-refractivity contribution is 6.02. The number of aromatic nitrogens is 2. The number of carboxylic acids is 1. The van der Waals surface area contributed by atoms with Crippen molar-refractivity contribution >= 4 is 22.4 Å². The Morgan fingerprint density at radius 3 is 2.53 bits per heavy atom. The van der Waals surface area contributed by atoms with Crippen LogP contribution in [0.2, 0.25) is 0 Å². The summed E-state index contributed by atoms with van der Waals surface area (Å²) >= 11 is 0. The Morgan fingerprint density at radius 1 is 1.12 bits per heavy atom. The van der Waals surface area contributed by atoms with E-state index in [4.69, 9.17) is 4.74 Å². The van der Waals surface area contributed by atoms with Crippen molar-refractivity contribution in [3.63, 3.8) is 0 Å². The summed E-state index contributed by atoms with van der Waals surface area (Å²) in [7, 11) is 0. The summed E-state index contributed by atoms with van der Waals surface area (Å²) in [4.78, 5) is 12.2. The topological polar surface area (TPSA) is 84.6 Å². The third-order valence-corrected chi connectivity index (χ3v) is 5.67. The number of rotatable bonds is 5. The summed E-state index contributed by atoms with van der Waals surface area (Å²) in [5, 5.41) is 25.9. The number of hydrogen-bond acceptors (Lipinski definition) is 4. The Labute approximate surface area is 183 Å². The van der Waals surface area contributed by atoms with E-state index in [1.165, 1.54) is 12.1 Å². The van der Waals surface area contributed by atoms with Crippen LogP contribution >= 0.6 is 0 Å². The predicted octanol–water partition coefficient (Wildman–Crippen LogP) is 5.69. The number of allylic oxidation sites excluding steroid dienone is 1. The SMILES string of the molecule is CC(C)C(O)=C(c1ccc(F)c(F)c1)c1cc2cnn(C3CCCCO3)c2cc1C(=O)O. The molecule has 0 bridgehead atoms. The summed E-state index contributed by atoms with van der Waals surface area (Å²) in [5.41, 5.74) is 1.03. The fourth-order valence-corrected chi connectivity index (χ4v) is 4.00. The maximum absolute atomic E-state index is 14.0. The van der Waals surface area contributed by atoms with Gasteiger partial charge in [-0.2, -0.15) is 5.10 Å². The summed E-state index contributed by atoms with van der Waals surface area (Å²) in [6, 6.07) is 6.33. The third-order valence-electron chi connectivity index (χ3n) is 5.67. The smallest absolute Gasteiger partial charge is 0.336 e. The molecule has 0 radical (unpaired) electrons. The molecule has 1 atom stereocenters. The van der Waals surface area contributed by atoms with Gasteiger partial charge in [0.1, 0.15) is 5.76 Å². The van der Waals surface area contributed by atoms with Gasteiger partial charge in [0.25, 0.3) is 0 Å². The van der Waals surface area contributed by atoms with Crippen molar-refractivity contribution in [2.24, 2.45) is 5.92 Å². The Kier molecular flexibility index (Phi) is 5.97. The van der Waals surface area contributed by atoms with Crippen molar-refractivity contribution < 1.29 is 28.5 Å². The second-order valence-corrected chi connectivity index (χ2v) is 8.22. The molecule has 1 unspecified atom stereocenters. The van der Waals surface area contributed by atoms with Gasteiger partial charge in [-0.15, -0.1) is 0 Å². The zero-order chi connectivity index (χ0) is 23.0. The zero-order valence-corrected chi connectivity index (χ0v) is 17.8. The van der Waals surface area contributed by atoms with Gasteiger partial charge in [-0.05, 0) is 49.1 Å². The minimum atomic E-state index is -1.21. The van der Waals surface area contributed by atoms with Gasteiger partial charge in [0.2, 0.25) is 0 Å². The van der Waals surface area contributed by atoms with Crippen molar-refractivity contribution in [3.05, 3.63) is 70.6 Å². The average Bonchev–Trinajstić information content (AvgIpc) is 3.19. The van der Waals surface area contributed by atoms with Crippen LogP contribution in [-0.4, -0.2) is 32.6 Å². The molecule has 0 aliphatic carbocycles. The van der Waals surface area contributed by atoms with Crippen LogP contribution in [0.15, 0.2) is 42.3 Å². The molecule has 0 saturated carbocycles. The van der Waals surface area contributed by atoms with Crippen LogP contribution < -0.4 is 0 Å². The van der Waals surface area contributed by atoms with Gasteiger partial charge in [0, 0.05) is 29.0 Å². The first-order valence-electron chi connectivity index (χ1n) is 10.5. The lowest BCUT2D eigenvalue weighted by Gasteiger charge is -2.23. The minimum absolute atomic E-state index is 0.0815. The maximum Gasteiger partial charge on any atom is 0.336 e. The normalized spacial score (nSPS) is 17.6. The average molecular weight is 442 g/mol. The summed E-state index contributed by atoms with van der Waals surface area (Å²) in [6.07, 6.45) is 4.06. The number of aliphatic hydroxyl groups is 1. The predicted molar refractivity (Wildman–Crippen MR) is 115 cm³/mol. The number of aromatic carboxylic acids is 1. The molecule has 2 heterocycles. The lowest BCUT2D eigenvalue weighted by Crippen LogP contribution is -2.19. The number of ether oxygens (including phenoxy) is 1. The number of aliphatic hydroxyl groups excluding tert-OH is 1. The molecule has 6 nitrogen and oxygen atoms in total. The molecular weight excluding hydrogens is 418 g/mol. The number of halogens is 2. The van der Waals surface area contributed by atoms with Gasteiger partial charge >= 0.3 is 5.97 Å². The molecule has 0 spiro atoms. The molecule has 4 rings (SSSR count). The van der Waals surface area contributed by atoms with Gasteiger partial charge in [-0.25, -0.2) is 18.3 Å². The molecule has 8 heteroatoms. The van der Waals surface area contributed by atoms with Crippen LogP contribution in [0.4, 0.5) is 8.78 Å². The van der Waals surface area contributed by atoms with Gasteiger partial charge in [0.15, 0.2) is 17.9 Å². The van der Waals surface area contributed by atoms with Crippen molar-refractivity contribution in [2.45, 2.75) is 39.3 Å². The van der Waals surface area contributed by atoms with Crippen LogP contribution in [0.5, 0.6) is 0 Å². The molecule has 1 aromatic heterocycles. The monoisotopic (exact) mass is 442 g/mol. The van der Waals surface area contributed by atoms with Crippen LogP contribution in [0.25, 0.3) is 16.5 Å². The van der Waals surface area contributed by atoms with E-state index >= 15 is 0 Å². The molecule has 0 amide bonds. The number of benzene rings is 2. The molecule has 1 aliphatic heterocycles. The molecule has 1 saturated heterocycles. The van der Waals surface area contributed by atoms with Gasteiger partial charge in [-0.1, -0.05) is 19.9 Å². The first kappa shape index (κ1) is 22.0. The van der Waals surface area contributed by atoms with Crippen LogP contribution in [0.3, 0.4) is 0 Å². The fourth-order valence-electron chi connectivity index (χ4n) is 4.00. The van der Waals surface area contributed by atoms with E-state index in [0.717, 1.165) is 31.4 Å². The first-order chi connectivity index (χ1) is 15.3. The van der Waals surface area contributed by atoms with E-state index in [-0.39, 0.29) is 40.2 Å². The number of fused-ring (bicyclic) bond motifs is 1. The summed E-state index contributed by atoms with van der Waals surface area (Å²) in [5.74, 6) is -3.83. The summed E-state index contributed by atoms with van der Waals surface area (Å²) in [6.45, 7) is 4.07. The zero-order valence-electron chi connectivity index (χ0n) is 17.8. The molecule has 32 heavy (non-hydrogen) atoms. The molecular formula is C24H24F2N2O4. The number of carboxylic acid groups (broad SMARTS) is 1. The van der Waals surface area contributed by atoms with Crippen LogP contribution in [-0.2, 0) is 4.74 Å². The number of carbonyl (C=O) groups is 1. The van der Waals surface area contributed by atoms with Crippen molar-refractivity contribution in [2.75, 3.05) is 6.61 Å². The largest absolute Gasteiger partial charge is 0.511 e. The lowest BCUT2D eigenvalue weighted by molar-refractivity contribution is -0.0366. The van der Waals surface area contributed by atoms with E-state index in [2.05, 4.69) is 5.10 Å². The minimum Gasteiger partial charge on any atom is -0.511 e. The number of nitrogens with zero attached hydrogens (tertiary/aromatic N) is 2. The van der Waals surface area contributed by atoms with E-state index in [0.29, 0.717) is 17.5 Å². The molecule has 2 aromatic carbocycles. The quantitative estimate of drug-likeness (QED) is 0.496. The van der Waals surface area contributed by atoms with E-state index in [1.807, 2.05) is 0 Å². The Morgan fingerprint density at radius 2 is 1.91 bits per heavy atom. The molecule has 168 valence electrons. The maximum atomic E-state index is 14.0. The second-order valence-electron chi connectivity index (χ2n) is 8.22. The van der Waals surface area contributed by atoms with Crippen LogP contribution in [0, 0.1) is 17.6 Å².